The summed E-state index contributed by atoms with van der Waals surface area (Å²) in [4.78, 5) is 12.3. The second-order valence-electron chi connectivity index (χ2n) is 5.77. The standard InChI is InChI=1S/C16H26N2O2.ClH/c1-12(17-4)11-18-15(19)16(2,3)10-13-8-6-7-9-14(13)20-5;/h6-9,12,17H,10-11H2,1-5H3,(H,18,19);1H. The average molecular weight is 315 g/mol. The quantitative estimate of drug-likeness (QED) is 0.812. The van der Waals surface area contributed by atoms with Crippen LogP contribution in [0.25, 0.3) is 0 Å². The van der Waals surface area contributed by atoms with Crippen LogP contribution in [0.2, 0.25) is 0 Å². The number of benzene rings is 1. The molecule has 120 valence electrons. The fraction of sp³-hybridized carbons (Fsp3) is 0.562. The predicted octanol–water partition coefficient (Wildman–Crippen LogP) is 2.41. The summed E-state index contributed by atoms with van der Waals surface area (Å²) in [6, 6.07) is 8.09. The van der Waals surface area contributed by atoms with Crippen molar-refractivity contribution in [3.05, 3.63) is 29.8 Å². The molecule has 0 radical (unpaired) electrons. The summed E-state index contributed by atoms with van der Waals surface area (Å²) in [5, 5.41) is 6.09. The van der Waals surface area contributed by atoms with Gasteiger partial charge in [0.1, 0.15) is 5.75 Å². The number of amides is 1. The van der Waals surface area contributed by atoms with E-state index in [0.717, 1.165) is 11.3 Å². The Bertz CT molecular complexity index is 450. The molecule has 0 heterocycles. The van der Waals surface area contributed by atoms with Crippen LogP contribution < -0.4 is 15.4 Å². The van der Waals surface area contributed by atoms with Crippen LogP contribution in [0.5, 0.6) is 5.75 Å². The van der Waals surface area contributed by atoms with E-state index in [-0.39, 0.29) is 24.4 Å². The normalized spacial score (nSPS) is 12.2. The zero-order chi connectivity index (χ0) is 15.2. The van der Waals surface area contributed by atoms with E-state index in [1.807, 2.05) is 52.1 Å². The van der Waals surface area contributed by atoms with Crippen molar-refractivity contribution in [3.63, 3.8) is 0 Å². The molecule has 1 unspecified atom stereocenters. The van der Waals surface area contributed by atoms with Gasteiger partial charge in [0.25, 0.3) is 0 Å². The van der Waals surface area contributed by atoms with Crippen molar-refractivity contribution in [2.75, 3.05) is 20.7 Å². The summed E-state index contributed by atoms with van der Waals surface area (Å²) in [6.07, 6.45) is 0.650. The van der Waals surface area contributed by atoms with Gasteiger partial charge in [-0.15, -0.1) is 12.4 Å². The number of methoxy groups -OCH3 is 1. The molecule has 0 saturated carbocycles. The van der Waals surface area contributed by atoms with Crippen molar-refractivity contribution in [1.29, 1.82) is 0 Å². The van der Waals surface area contributed by atoms with E-state index < -0.39 is 5.41 Å². The number of ether oxygens (including phenoxy) is 1. The van der Waals surface area contributed by atoms with Crippen LogP contribution in [0.3, 0.4) is 0 Å². The molecule has 0 bridgehead atoms. The highest BCUT2D eigenvalue weighted by atomic mass is 35.5. The van der Waals surface area contributed by atoms with E-state index in [0.29, 0.717) is 13.0 Å². The van der Waals surface area contributed by atoms with Gasteiger partial charge in [0, 0.05) is 18.0 Å². The summed E-state index contributed by atoms with van der Waals surface area (Å²) in [6.45, 7) is 6.58. The SMILES string of the molecule is CNC(C)CNC(=O)C(C)(C)Cc1ccccc1OC.Cl. The maximum atomic E-state index is 12.3. The van der Waals surface area contributed by atoms with Gasteiger partial charge in [0.05, 0.1) is 7.11 Å². The molecule has 0 aliphatic carbocycles. The first kappa shape index (κ1) is 19.7. The number of hydrogen-bond acceptors (Lipinski definition) is 3. The lowest BCUT2D eigenvalue weighted by Crippen LogP contribution is -2.43. The van der Waals surface area contributed by atoms with Gasteiger partial charge >= 0.3 is 0 Å². The Labute approximate surface area is 134 Å². The molecule has 1 rings (SSSR count). The van der Waals surface area contributed by atoms with E-state index in [1.54, 1.807) is 7.11 Å². The molecule has 0 aliphatic rings. The van der Waals surface area contributed by atoms with Gasteiger partial charge < -0.3 is 15.4 Å². The highest BCUT2D eigenvalue weighted by Crippen LogP contribution is 2.27. The van der Waals surface area contributed by atoms with Crippen molar-refractivity contribution in [2.45, 2.75) is 33.2 Å². The Morgan fingerprint density at radius 2 is 1.95 bits per heavy atom. The predicted molar refractivity (Wildman–Crippen MR) is 89.3 cm³/mol. The first-order valence-electron chi connectivity index (χ1n) is 6.98. The highest BCUT2D eigenvalue weighted by molar-refractivity contribution is 5.85. The third-order valence-electron chi connectivity index (χ3n) is 3.50. The molecule has 2 N–H and O–H groups in total. The molecule has 1 atom stereocenters. The summed E-state index contributed by atoms with van der Waals surface area (Å²) in [5.74, 6) is 0.891. The molecule has 1 amide bonds. The Morgan fingerprint density at radius 1 is 1.33 bits per heavy atom. The minimum atomic E-state index is -0.470. The van der Waals surface area contributed by atoms with Crippen LogP contribution in [0.1, 0.15) is 26.3 Å². The van der Waals surface area contributed by atoms with E-state index in [2.05, 4.69) is 10.6 Å². The minimum absolute atomic E-state index is 0. The highest BCUT2D eigenvalue weighted by Gasteiger charge is 2.28. The van der Waals surface area contributed by atoms with Gasteiger partial charge in [-0.25, -0.2) is 0 Å². The third kappa shape index (κ3) is 5.94. The second kappa shape index (κ2) is 8.90. The van der Waals surface area contributed by atoms with Crippen molar-refractivity contribution < 1.29 is 9.53 Å². The van der Waals surface area contributed by atoms with Gasteiger partial charge in [-0.2, -0.15) is 0 Å². The van der Waals surface area contributed by atoms with Gasteiger partial charge in [-0.3, -0.25) is 4.79 Å². The lowest BCUT2D eigenvalue weighted by Gasteiger charge is -2.25. The monoisotopic (exact) mass is 314 g/mol. The van der Waals surface area contributed by atoms with E-state index in [9.17, 15) is 4.79 Å². The lowest BCUT2D eigenvalue weighted by atomic mass is 9.84. The molecule has 21 heavy (non-hydrogen) atoms. The van der Waals surface area contributed by atoms with Crippen molar-refractivity contribution in [3.8, 4) is 5.75 Å². The van der Waals surface area contributed by atoms with Gasteiger partial charge in [-0.1, -0.05) is 32.0 Å². The second-order valence-corrected chi connectivity index (χ2v) is 5.77. The molecule has 4 nitrogen and oxygen atoms in total. The topological polar surface area (TPSA) is 50.4 Å². The Hall–Kier alpha value is -1.26. The van der Waals surface area contributed by atoms with E-state index in [4.69, 9.17) is 4.74 Å². The number of hydrogen-bond donors (Lipinski definition) is 2. The third-order valence-corrected chi connectivity index (χ3v) is 3.50. The molecule has 0 aliphatic heterocycles. The van der Waals surface area contributed by atoms with Crippen LogP contribution in [-0.4, -0.2) is 32.7 Å². The first-order valence-corrected chi connectivity index (χ1v) is 6.98. The maximum absolute atomic E-state index is 12.3. The van der Waals surface area contributed by atoms with Crippen LogP contribution in [0.4, 0.5) is 0 Å². The number of halogens is 1. The molecule has 5 heteroatoms. The van der Waals surface area contributed by atoms with Crippen LogP contribution in [-0.2, 0) is 11.2 Å². The number of nitrogens with one attached hydrogen (secondary N) is 2. The molecule has 0 fully saturated rings. The molecule has 1 aromatic rings. The molecule has 1 aromatic carbocycles. The maximum Gasteiger partial charge on any atom is 0.226 e. The van der Waals surface area contributed by atoms with Crippen LogP contribution >= 0.6 is 12.4 Å². The fourth-order valence-corrected chi connectivity index (χ4v) is 1.99. The van der Waals surface area contributed by atoms with Crippen molar-refractivity contribution in [2.24, 2.45) is 5.41 Å². The van der Waals surface area contributed by atoms with E-state index >= 15 is 0 Å². The summed E-state index contributed by atoms with van der Waals surface area (Å²) in [5.41, 5.74) is 0.582. The largest absolute Gasteiger partial charge is 0.496 e. The summed E-state index contributed by atoms with van der Waals surface area (Å²) >= 11 is 0. The molecule has 0 spiro atoms. The number of likely N-dealkylation sites (N-methyl/N-ethyl adjacent to an activating group) is 1. The molecule has 0 saturated heterocycles. The smallest absolute Gasteiger partial charge is 0.226 e. The first-order chi connectivity index (χ1) is 9.40. The number of rotatable bonds is 7. The van der Waals surface area contributed by atoms with Crippen molar-refractivity contribution >= 4 is 18.3 Å². The van der Waals surface area contributed by atoms with Gasteiger partial charge in [0.2, 0.25) is 5.91 Å². The number of carbonyl (C=O) groups excluding carboxylic acids is 1. The minimum Gasteiger partial charge on any atom is -0.496 e. The fourth-order valence-electron chi connectivity index (χ4n) is 1.99. The van der Waals surface area contributed by atoms with Crippen LogP contribution in [0, 0.1) is 5.41 Å². The molecule has 0 aromatic heterocycles. The lowest BCUT2D eigenvalue weighted by molar-refractivity contribution is -0.129. The molecular formula is C16H27ClN2O2. The Balaban J connectivity index is 0.00000400. The zero-order valence-electron chi connectivity index (χ0n) is 13.5. The van der Waals surface area contributed by atoms with E-state index in [1.165, 1.54) is 0 Å². The summed E-state index contributed by atoms with van der Waals surface area (Å²) in [7, 11) is 3.54. The Kier molecular flexibility index (Phi) is 8.37. The van der Waals surface area contributed by atoms with Crippen molar-refractivity contribution in [1.82, 2.24) is 10.6 Å². The van der Waals surface area contributed by atoms with Gasteiger partial charge in [0.15, 0.2) is 0 Å². The zero-order valence-corrected chi connectivity index (χ0v) is 14.3. The number of para-hydroxylation sites is 1. The average Bonchev–Trinajstić information content (AvgIpc) is 2.44. The van der Waals surface area contributed by atoms with Crippen LogP contribution in [0.15, 0.2) is 24.3 Å². The summed E-state index contributed by atoms with van der Waals surface area (Å²) < 4.78 is 5.34. The Morgan fingerprint density at radius 3 is 2.52 bits per heavy atom. The molecular weight excluding hydrogens is 288 g/mol. The number of carbonyl (C=O) groups is 1. The van der Waals surface area contributed by atoms with Gasteiger partial charge in [-0.05, 0) is 32.0 Å².